The van der Waals surface area contributed by atoms with Crippen LogP contribution in [0.2, 0.25) is 0 Å². The van der Waals surface area contributed by atoms with Crippen molar-refractivity contribution in [3.05, 3.63) is 71.0 Å². The van der Waals surface area contributed by atoms with Gasteiger partial charge in [0.05, 0.1) is 12.7 Å². The second-order valence-electron chi connectivity index (χ2n) is 7.49. The Morgan fingerprint density at radius 3 is 2.67 bits per heavy atom. The Labute approximate surface area is 181 Å². The number of nitrogens with zero attached hydrogens (tertiary/aromatic N) is 4. The van der Waals surface area contributed by atoms with E-state index in [0.717, 1.165) is 43.4 Å². The Kier molecular flexibility index (Phi) is 6.28. The van der Waals surface area contributed by atoms with Gasteiger partial charge < -0.3 is 14.5 Å². The summed E-state index contributed by atoms with van der Waals surface area (Å²) >= 11 is 1.44. The molecule has 0 aliphatic carbocycles. The van der Waals surface area contributed by atoms with Crippen molar-refractivity contribution in [2.75, 3.05) is 38.2 Å². The summed E-state index contributed by atoms with van der Waals surface area (Å²) in [7, 11) is 1.60. The van der Waals surface area contributed by atoms with Gasteiger partial charge in [-0.2, -0.15) is 4.37 Å². The number of carbonyl (C=O) groups is 1. The molecule has 1 amide bonds. The third-order valence-corrected chi connectivity index (χ3v) is 6.15. The molecule has 6 nitrogen and oxygen atoms in total. The highest BCUT2D eigenvalue weighted by molar-refractivity contribution is 7.09. The minimum Gasteiger partial charge on any atom is -0.496 e. The molecule has 0 saturated carbocycles. The van der Waals surface area contributed by atoms with Crippen molar-refractivity contribution >= 4 is 22.6 Å². The molecule has 156 valence electrons. The van der Waals surface area contributed by atoms with Gasteiger partial charge in [0.1, 0.15) is 11.6 Å². The van der Waals surface area contributed by atoms with Crippen molar-refractivity contribution in [1.82, 2.24) is 14.3 Å². The molecule has 2 aromatic carbocycles. The first kappa shape index (κ1) is 20.3. The highest BCUT2D eigenvalue weighted by Crippen LogP contribution is 2.23. The Balaban J connectivity index is 1.40. The predicted molar refractivity (Wildman–Crippen MR) is 120 cm³/mol. The summed E-state index contributed by atoms with van der Waals surface area (Å²) in [4.78, 5) is 21.9. The lowest BCUT2D eigenvalue weighted by Gasteiger charge is -2.22. The van der Waals surface area contributed by atoms with Crippen LogP contribution in [-0.4, -0.2) is 53.5 Å². The maximum Gasteiger partial charge on any atom is 0.257 e. The molecule has 0 bridgehead atoms. The zero-order chi connectivity index (χ0) is 20.9. The quantitative estimate of drug-likeness (QED) is 0.626. The molecule has 0 spiro atoms. The number of aryl methyl sites for hydroxylation is 1. The molecule has 0 radical (unpaired) electrons. The first-order valence-electron chi connectivity index (χ1n) is 10.2. The number of hydrogen-bond donors (Lipinski definition) is 0. The van der Waals surface area contributed by atoms with Crippen molar-refractivity contribution in [3.8, 4) is 5.75 Å². The molecule has 4 rings (SSSR count). The second kappa shape index (κ2) is 9.26. The Morgan fingerprint density at radius 2 is 1.87 bits per heavy atom. The minimum atomic E-state index is 0.0200. The number of ether oxygens (including phenoxy) is 1. The number of carbonyl (C=O) groups excluding carboxylic acids is 1. The van der Waals surface area contributed by atoms with E-state index in [2.05, 4.69) is 40.5 Å². The molecule has 1 saturated heterocycles. The fourth-order valence-electron chi connectivity index (χ4n) is 3.64. The van der Waals surface area contributed by atoms with Gasteiger partial charge in [-0.05, 0) is 31.0 Å². The summed E-state index contributed by atoms with van der Waals surface area (Å²) in [5.74, 6) is 1.49. The number of hydrogen-bond acceptors (Lipinski definition) is 6. The van der Waals surface area contributed by atoms with Crippen molar-refractivity contribution in [2.45, 2.75) is 19.8 Å². The van der Waals surface area contributed by atoms with E-state index in [1.165, 1.54) is 22.7 Å². The number of benzene rings is 2. The van der Waals surface area contributed by atoms with Gasteiger partial charge in [0.2, 0.25) is 5.13 Å². The lowest BCUT2D eigenvalue weighted by molar-refractivity contribution is 0.0763. The zero-order valence-corrected chi connectivity index (χ0v) is 18.2. The molecular formula is C23H26N4O2S. The highest BCUT2D eigenvalue weighted by atomic mass is 32.1. The Hall–Kier alpha value is -2.93. The summed E-state index contributed by atoms with van der Waals surface area (Å²) in [6.45, 7) is 5.09. The van der Waals surface area contributed by atoms with Gasteiger partial charge in [-0.1, -0.05) is 42.0 Å². The summed E-state index contributed by atoms with van der Waals surface area (Å²) in [5.41, 5.74) is 3.08. The average molecular weight is 423 g/mol. The van der Waals surface area contributed by atoms with E-state index in [9.17, 15) is 4.79 Å². The van der Waals surface area contributed by atoms with Crippen molar-refractivity contribution < 1.29 is 9.53 Å². The van der Waals surface area contributed by atoms with E-state index < -0.39 is 0 Å². The maximum absolute atomic E-state index is 13.0. The third kappa shape index (κ3) is 4.62. The second-order valence-corrected chi connectivity index (χ2v) is 8.22. The monoisotopic (exact) mass is 422 g/mol. The maximum atomic E-state index is 13.0. The van der Waals surface area contributed by atoms with Crippen LogP contribution in [0, 0.1) is 6.92 Å². The van der Waals surface area contributed by atoms with Crippen LogP contribution in [0.1, 0.15) is 33.7 Å². The van der Waals surface area contributed by atoms with Gasteiger partial charge in [0.15, 0.2) is 0 Å². The van der Waals surface area contributed by atoms with Crippen LogP contribution < -0.4 is 9.64 Å². The Morgan fingerprint density at radius 1 is 1.07 bits per heavy atom. The molecule has 0 atom stereocenters. The fraction of sp³-hybridized carbons (Fsp3) is 0.348. The van der Waals surface area contributed by atoms with E-state index in [0.29, 0.717) is 17.9 Å². The van der Waals surface area contributed by atoms with E-state index in [4.69, 9.17) is 9.72 Å². The Bertz CT molecular complexity index is 1000. The van der Waals surface area contributed by atoms with Crippen LogP contribution in [0.3, 0.4) is 0 Å². The van der Waals surface area contributed by atoms with Gasteiger partial charge in [-0.25, -0.2) is 4.98 Å². The zero-order valence-electron chi connectivity index (χ0n) is 17.4. The summed E-state index contributed by atoms with van der Waals surface area (Å²) in [6, 6.07) is 15.9. The highest BCUT2D eigenvalue weighted by Gasteiger charge is 2.24. The summed E-state index contributed by atoms with van der Waals surface area (Å²) in [6.07, 6.45) is 1.64. The van der Waals surface area contributed by atoms with Crippen LogP contribution in [0.4, 0.5) is 5.13 Å². The molecule has 2 heterocycles. The topological polar surface area (TPSA) is 58.6 Å². The first-order valence-corrected chi connectivity index (χ1v) is 11.0. The molecule has 0 N–H and O–H groups in total. The predicted octanol–water partition coefficient (Wildman–Crippen LogP) is 3.80. The molecule has 7 heteroatoms. The van der Waals surface area contributed by atoms with E-state index in [1.54, 1.807) is 7.11 Å². The van der Waals surface area contributed by atoms with Gasteiger partial charge in [-0.3, -0.25) is 4.79 Å². The number of amides is 1. The van der Waals surface area contributed by atoms with Crippen LogP contribution in [0.15, 0.2) is 48.5 Å². The summed E-state index contributed by atoms with van der Waals surface area (Å²) < 4.78 is 9.92. The van der Waals surface area contributed by atoms with Crippen LogP contribution in [-0.2, 0) is 6.42 Å². The molecule has 1 fully saturated rings. The van der Waals surface area contributed by atoms with Gasteiger partial charge in [0.25, 0.3) is 5.91 Å². The van der Waals surface area contributed by atoms with Crippen LogP contribution in [0.25, 0.3) is 0 Å². The lowest BCUT2D eigenvalue weighted by atomic mass is 10.1. The number of methoxy groups -OCH3 is 1. The number of anilines is 1. The van der Waals surface area contributed by atoms with Crippen LogP contribution in [0.5, 0.6) is 5.75 Å². The molecule has 1 aliphatic rings. The minimum absolute atomic E-state index is 0.0200. The largest absolute Gasteiger partial charge is 0.496 e. The number of aromatic nitrogens is 2. The number of para-hydroxylation sites is 1. The van der Waals surface area contributed by atoms with Gasteiger partial charge in [0, 0.05) is 44.1 Å². The molecule has 1 aliphatic heterocycles. The molecule has 3 aromatic rings. The molecule has 0 unspecified atom stereocenters. The standard InChI is InChI=1S/C23H26N4O2S/c1-17-8-10-18(11-9-17)16-21-24-23(30-25-21)27-13-5-12-26(14-15-27)22(28)19-6-3-4-7-20(19)29-2/h3-4,6-11H,5,12-16H2,1-2H3. The third-order valence-electron chi connectivity index (χ3n) is 5.33. The molecule has 30 heavy (non-hydrogen) atoms. The molecular weight excluding hydrogens is 396 g/mol. The SMILES string of the molecule is COc1ccccc1C(=O)N1CCCN(c2nc(Cc3ccc(C)cc3)ns2)CC1. The van der Waals surface area contributed by atoms with Gasteiger partial charge in [-0.15, -0.1) is 0 Å². The van der Waals surface area contributed by atoms with E-state index >= 15 is 0 Å². The van der Waals surface area contributed by atoms with Crippen LogP contribution >= 0.6 is 11.5 Å². The lowest BCUT2D eigenvalue weighted by Crippen LogP contribution is -2.35. The molecule has 1 aromatic heterocycles. The van der Waals surface area contributed by atoms with Crippen molar-refractivity contribution in [1.29, 1.82) is 0 Å². The fourth-order valence-corrected chi connectivity index (χ4v) is 4.37. The number of rotatable bonds is 5. The summed E-state index contributed by atoms with van der Waals surface area (Å²) in [5, 5.41) is 0.934. The van der Waals surface area contributed by atoms with Crippen molar-refractivity contribution in [3.63, 3.8) is 0 Å². The smallest absolute Gasteiger partial charge is 0.257 e. The normalized spacial score (nSPS) is 14.5. The first-order chi connectivity index (χ1) is 14.6. The van der Waals surface area contributed by atoms with Crippen molar-refractivity contribution in [2.24, 2.45) is 0 Å². The van der Waals surface area contributed by atoms with E-state index in [-0.39, 0.29) is 5.91 Å². The van der Waals surface area contributed by atoms with E-state index in [1.807, 2.05) is 29.2 Å². The average Bonchev–Trinajstić information content (AvgIpc) is 3.09. The van der Waals surface area contributed by atoms with Gasteiger partial charge >= 0.3 is 0 Å².